The molecular weight excluding hydrogens is 298 g/mol. The van der Waals surface area contributed by atoms with Crippen LogP contribution in [0.2, 0.25) is 0 Å². The van der Waals surface area contributed by atoms with Crippen LogP contribution in [0.1, 0.15) is 19.4 Å². The van der Waals surface area contributed by atoms with Gasteiger partial charge < -0.3 is 4.74 Å². The Balaban J connectivity index is 1.98. The summed E-state index contributed by atoms with van der Waals surface area (Å²) in [5, 5.41) is 3.88. The SMILES string of the molecule is CCOC(=O)C1=NNC2(C)C(=O)N(c3ccc(C)cc3)C(=O)C12. The summed E-state index contributed by atoms with van der Waals surface area (Å²) in [6.45, 7) is 5.33. The van der Waals surface area contributed by atoms with E-state index < -0.39 is 29.2 Å². The first-order valence-corrected chi connectivity index (χ1v) is 7.37. The second kappa shape index (κ2) is 5.19. The third-order valence-electron chi connectivity index (χ3n) is 4.15. The van der Waals surface area contributed by atoms with Crippen molar-refractivity contribution in [3.8, 4) is 0 Å². The maximum atomic E-state index is 12.8. The number of nitrogens with one attached hydrogen (secondary N) is 1. The number of benzene rings is 1. The van der Waals surface area contributed by atoms with E-state index in [4.69, 9.17) is 4.74 Å². The summed E-state index contributed by atoms with van der Waals surface area (Å²) in [6.07, 6.45) is 0. The van der Waals surface area contributed by atoms with Crippen LogP contribution in [0.15, 0.2) is 29.4 Å². The van der Waals surface area contributed by atoms with Crippen LogP contribution in [-0.4, -0.2) is 35.6 Å². The van der Waals surface area contributed by atoms with Gasteiger partial charge in [-0.3, -0.25) is 15.0 Å². The molecule has 1 aromatic rings. The Morgan fingerprint density at radius 2 is 2.00 bits per heavy atom. The van der Waals surface area contributed by atoms with E-state index >= 15 is 0 Å². The molecule has 1 aromatic carbocycles. The van der Waals surface area contributed by atoms with Crippen LogP contribution >= 0.6 is 0 Å². The van der Waals surface area contributed by atoms with E-state index in [2.05, 4.69) is 10.5 Å². The fourth-order valence-corrected chi connectivity index (χ4v) is 2.88. The topological polar surface area (TPSA) is 88.1 Å². The van der Waals surface area contributed by atoms with Gasteiger partial charge in [-0.25, -0.2) is 9.69 Å². The highest BCUT2D eigenvalue weighted by molar-refractivity contribution is 6.47. The van der Waals surface area contributed by atoms with E-state index in [0.717, 1.165) is 10.5 Å². The molecule has 23 heavy (non-hydrogen) atoms. The van der Waals surface area contributed by atoms with Crippen LogP contribution in [-0.2, 0) is 19.1 Å². The number of imide groups is 1. The van der Waals surface area contributed by atoms with E-state index in [1.54, 1.807) is 26.0 Å². The predicted octanol–water partition coefficient (Wildman–Crippen LogP) is 0.765. The minimum atomic E-state index is -1.26. The van der Waals surface area contributed by atoms with Gasteiger partial charge in [-0.1, -0.05) is 17.7 Å². The van der Waals surface area contributed by atoms with Gasteiger partial charge in [0.2, 0.25) is 5.91 Å². The van der Waals surface area contributed by atoms with Crippen LogP contribution in [0.4, 0.5) is 5.69 Å². The number of carbonyl (C=O) groups is 3. The lowest BCUT2D eigenvalue weighted by Gasteiger charge is -2.20. The van der Waals surface area contributed by atoms with Gasteiger partial charge in [-0.2, -0.15) is 5.10 Å². The highest BCUT2D eigenvalue weighted by Gasteiger charge is 2.63. The molecule has 0 radical (unpaired) electrons. The molecular formula is C16H17N3O4. The van der Waals surface area contributed by atoms with Gasteiger partial charge in [-0.05, 0) is 32.9 Å². The highest BCUT2D eigenvalue weighted by Crippen LogP contribution is 2.38. The number of fused-ring (bicyclic) bond motifs is 1. The highest BCUT2D eigenvalue weighted by atomic mass is 16.5. The number of hydrazone groups is 1. The molecule has 2 unspecified atom stereocenters. The fourth-order valence-electron chi connectivity index (χ4n) is 2.88. The van der Waals surface area contributed by atoms with Crippen molar-refractivity contribution in [3.63, 3.8) is 0 Å². The first kappa shape index (κ1) is 15.2. The summed E-state index contributed by atoms with van der Waals surface area (Å²) in [7, 11) is 0. The van der Waals surface area contributed by atoms with Crippen molar-refractivity contribution in [1.82, 2.24) is 5.43 Å². The predicted molar refractivity (Wildman–Crippen MR) is 82.8 cm³/mol. The Kier molecular flexibility index (Phi) is 3.43. The summed E-state index contributed by atoms with van der Waals surface area (Å²) in [6, 6.07) is 7.05. The van der Waals surface area contributed by atoms with E-state index in [0.29, 0.717) is 5.69 Å². The van der Waals surface area contributed by atoms with Crippen LogP contribution in [0, 0.1) is 12.8 Å². The number of anilines is 1. The third kappa shape index (κ3) is 2.11. The molecule has 0 saturated carbocycles. The van der Waals surface area contributed by atoms with Gasteiger partial charge >= 0.3 is 5.97 Å². The first-order chi connectivity index (χ1) is 10.9. The molecule has 1 N–H and O–H groups in total. The molecule has 3 rings (SSSR count). The molecule has 0 bridgehead atoms. The van der Waals surface area contributed by atoms with Crippen LogP contribution < -0.4 is 10.3 Å². The van der Waals surface area contributed by atoms with Crippen molar-refractivity contribution in [1.29, 1.82) is 0 Å². The molecule has 7 heteroatoms. The molecule has 120 valence electrons. The Morgan fingerprint density at radius 3 is 2.61 bits per heavy atom. The smallest absolute Gasteiger partial charge is 0.355 e. The van der Waals surface area contributed by atoms with Gasteiger partial charge in [0.15, 0.2) is 5.71 Å². The van der Waals surface area contributed by atoms with Gasteiger partial charge in [0.1, 0.15) is 11.5 Å². The Bertz CT molecular complexity index is 725. The van der Waals surface area contributed by atoms with Crippen molar-refractivity contribution in [3.05, 3.63) is 29.8 Å². The van der Waals surface area contributed by atoms with E-state index in [1.807, 2.05) is 19.1 Å². The molecule has 0 spiro atoms. The Labute approximate surface area is 133 Å². The summed E-state index contributed by atoms with van der Waals surface area (Å²) in [4.78, 5) is 38.6. The number of ether oxygens (including phenoxy) is 1. The molecule has 2 heterocycles. The Hall–Kier alpha value is -2.70. The standard InChI is InChI=1S/C16H17N3O4/c1-4-23-14(21)12-11-13(20)19(10-7-5-9(2)6-8-10)15(22)16(11,3)18-17-12/h5-8,11,18H,4H2,1-3H3. The van der Waals surface area contributed by atoms with Crippen molar-refractivity contribution in [2.75, 3.05) is 11.5 Å². The lowest BCUT2D eigenvalue weighted by Crippen LogP contribution is -2.48. The number of rotatable bonds is 3. The van der Waals surface area contributed by atoms with E-state index in [-0.39, 0.29) is 12.3 Å². The summed E-state index contributed by atoms with van der Waals surface area (Å²) in [5.74, 6) is -2.56. The maximum absolute atomic E-state index is 12.8. The molecule has 7 nitrogen and oxygen atoms in total. The number of esters is 1. The van der Waals surface area contributed by atoms with Crippen molar-refractivity contribution in [2.45, 2.75) is 26.3 Å². The van der Waals surface area contributed by atoms with Crippen LogP contribution in [0.25, 0.3) is 0 Å². The monoisotopic (exact) mass is 315 g/mol. The van der Waals surface area contributed by atoms with Crippen LogP contribution in [0.5, 0.6) is 0 Å². The number of aryl methyl sites for hydroxylation is 1. The van der Waals surface area contributed by atoms with Gasteiger partial charge in [-0.15, -0.1) is 0 Å². The molecule has 1 fully saturated rings. The number of nitrogens with zero attached hydrogens (tertiary/aromatic N) is 2. The fraction of sp³-hybridized carbons (Fsp3) is 0.375. The zero-order valence-corrected chi connectivity index (χ0v) is 13.1. The number of amides is 2. The van der Waals surface area contributed by atoms with Crippen LogP contribution in [0.3, 0.4) is 0 Å². The second-order valence-corrected chi connectivity index (χ2v) is 5.78. The molecule has 0 aliphatic carbocycles. The van der Waals surface area contributed by atoms with Crippen molar-refractivity contribution in [2.24, 2.45) is 11.0 Å². The number of hydrogen-bond acceptors (Lipinski definition) is 6. The lowest BCUT2D eigenvalue weighted by molar-refractivity contribution is -0.136. The lowest BCUT2D eigenvalue weighted by atomic mass is 9.86. The van der Waals surface area contributed by atoms with Crippen molar-refractivity contribution < 1.29 is 19.1 Å². The molecule has 2 atom stereocenters. The third-order valence-corrected chi connectivity index (χ3v) is 4.15. The number of hydrogen-bond donors (Lipinski definition) is 1. The zero-order chi connectivity index (χ0) is 16.8. The molecule has 1 saturated heterocycles. The first-order valence-electron chi connectivity index (χ1n) is 7.37. The zero-order valence-electron chi connectivity index (χ0n) is 13.1. The Morgan fingerprint density at radius 1 is 1.35 bits per heavy atom. The minimum absolute atomic E-state index is 0.0534. The quantitative estimate of drug-likeness (QED) is 0.657. The second-order valence-electron chi connectivity index (χ2n) is 5.78. The molecule has 2 aliphatic heterocycles. The van der Waals surface area contributed by atoms with Gasteiger partial charge in [0.05, 0.1) is 12.3 Å². The number of carbonyl (C=O) groups excluding carboxylic acids is 3. The minimum Gasteiger partial charge on any atom is -0.461 e. The van der Waals surface area contributed by atoms with E-state index in [9.17, 15) is 14.4 Å². The maximum Gasteiger partial charge on any atom is 0.355 e. The summed E-state index contributed by atoms with van der Waals surface area (Å²) >= 11 is 0. The van der Waals surface area contributed by atoms with E-state index in [1.165, 1.54) is 0 Å². The average Bonchev–Trinajstić information content (AvgIpc) is 2.96. The molecule has 2 amide bonds. The van der Waals surface area contributed by atoms with Gasteiger partial charge in [0, 0.05) is 0 Å². The summed E-state index contributed by atoms with van der Waals surface area (Å²) < 4.78 is 4.93. The molecule has 2 aliphatic rings. The van der Waals surface area contributed by atoms with Gasteiger partial charge in [0.25, 0.3) is 5.91 Å². The average molecular weight is 315 g/mol. The molecule has 0 aromatic heterocycles. The normalized spacial score (nSPS) is 26.0. The summed E-state index contributed by atoms with van der Waals surface area (Å²) in [5.41, 5.74) is 2.84. The van der Waals surface area contributed by atoms with Crippen molar-refractivity contribution >= 4 is 29.2 Å². The largest absolute Gasteiger partial charge is 0.461 e.